The number of sulfone groups is 1. The van der Waals surface area contributed by atoms with Crippen LogP contribution in [0.3, 0.4) is 0 Å². The molecular formula is C20H30N6O2S2. The van der Waals surface area contributed by atoms with Crippen LogP contribution >= 0.6 is 12.2 Å². The van der Waals surface area contributed by atoms with Gasteiger partial charge in [0, 0.05) is 30.3 Å². The molecular weight excluding hydrogens is 420 g/mol. The van der Waals surface area contributed by atoms with Gasteiger partial charge in [-0.15, -0.1) is 6.58 Å². The molecule has 8 nitrogen and oxygen atoms in total. The summed E-state index contributed by atoms with van der Waals surface area (Å²) >= 11 is 5.67. The maximum Gasteiger partial charge on any atom is 0.199 e. The van der Waals surface area contributed by atoms with Crippen LogP contribution in [0.5, 0.6) is 0 Å². The van der Waals surface area contributed by atoms with Gasteiger partial charge in [0.25, 0.3) is 0 Å². The normalized spacial score (nSPS) is 20.9. The Morgan fingerprint density at radius 1 is 1.27 bits per heavy atom. The molecule has 1 atom stereocenters. The average molecular weight is 451 g/mol. The molecule has 164 valence electrons. The maximum absolute atomic E-state index is 11.9. The summed E-state index contributed by atoms with van der Waals surface area (Å²) < 4.78 is 30.4. The first-order valence-electron chi connectivity index (χ1n) is 10.4. The number of allylic oxidation sites excluding steroid dienone is 1. The minimum Gasteiger partial charge on any atom is -0.300 e. The van der Waals surface area contributed by atoms with Crippen molar-refractivity contribution in [1.82, 2.24) is 29.0 Å². The van der Waals surface area contributed by atoms with E-state index in [-0.39, 0.29) is 17.5 Å². The van der Waals surface area contributed by atoms with E-state index in [1.165, 1.54) is 12.8 Å². The molecule has 1 aliphatic carbocycles. The molecule has 10 heteroatoms. The topological polar surface area (TPSA) is 78.0 Å². The van der Waals surface area contributed by atoms with Crippen molar-refractivity contribution in [2.45, 2.75) is 64.8 Å². The molecule has 2 aliphatic rings. The summed E-state index contributed by atoms with van der Waals surface area (Å²) in [5.41, 5.74) is 3.13. The summed E-state index contributed by atoms with van der Waals surface area (Å²) in [6, 6.07) is -0.0583. The third-order valence-corrected chi connectivity index (χ3v) is 8.22. The van der Waals surface area contributed by atoms with Gasteiger partial charge in [0.2, 0.25) is 0 Å². The van der Waals surface area contributed by atoms with Crippen molar-refractivity contribution in [3.05, 3.63) is 40.2 Å². The second-order valence-corrected chi connectivity index (χ2v) is 11.2. The van der Waals surface area contributed by atoms with Gasteiger partial charge in [0.15, 0.2) is 14.6 Å². The Balaban J connectivity index is 1.51. The molecule has 4 rings (SSSR count). The molecule has 2 fully saturated rings. The van der Waals surface area contributed by atoms with E-state index in [2.05, 4.69) is 21.1 Å². The van der Waals surface area contributed by atoms with Gasteiger partial charge in [0.05, 0.1) is 29.9 Å². The predicted octanol–water partition coefficient (Wildman–Crippen LogP) is 2.74. The van der Waals surface area contributed by atoms with Crippen LogP contribution in [0.4, 0.5) is 0 Å². The lowest BCUT2D eigenvalue weighted by atomic mass is 10.2. The van der Waals surface area contributed by atoms with Crippen LogP contribution in [-0.2, 0) is 29.6 Å². The van der Waals surface area contributed by atoms with Crippen molar-refractivity contribution in [2.24, 2.45) is 0 Å². The lowest BCUT2D eigenvalue weighted by Crippen LogP contribution is -2.23. The van der Waals surface area contributed by atoms with Gasteiger partial charge in [-0.2, -0.15) is 10.2 Å². The zero-order valence-corrected chi connectivity index (χ0v) is 19.5. The molecule has 2 aromatic heterocycles. The van der Waals surface area contributed by atoms with Crippen LogP contribution in [-0.4, -0.2) is 56.0 Å². The van der Waals surface area contributed by atoms with E-state index in [1.807, 2.05) is 36.3 Å². The van der Waals surface area contributed by atoms with E-state index in [4.69, 9.17) is 17.3 Å². The Bertz CT molecular complexity index is 1120. The zero-order chi connectivity index (χ0) is 21.6. The van der Waals surface area contributed by atoms with Gasteiger partial charge in [-0.25, -0.2) is 13.1 Å². The molecule has 0 spiro atoms. The van der Waals surface area contributed by atoms with E-state index in [0.717, 1.165) is 27.5 Å². The standard InChI is InChI=1S/C20H30N6O2S2/c1-5-9-24-19(16-6-7-16)22-25(20(24)29)13-23(4)11-18-14(2)21-26(15(18)3)17-8-10-30(27,28)12-17/h5,16-17H,1,6-13H2,2-4H3/t17-/m0/s1. The van der Waals surface area contributed by atoms with E-state index in [0.29, 0.717) is 32.1 Å². The molecule has 2 aromatic rings. The Hall–Kier alpha value is -1.78. The number of rotatable bonds is 8. The van der Waals surface area contributed by atoms with Crippen LogP contribution < -0.4 is 0 Å². The van der Waals surface area contributed by atoms with Crippen molar-refractivity contribution < 1.29 is 8.42 Å². The summed E-state index contributed by atoms with van der Waals surface area (Å²) in [6.45, 7) is 9.84. The Morgan fingerprint density at radius 3 is 2.60 bits per heavy atom. The van der Waals surface area contributed by atoms with E-state index < -0.39 is 9.84 Å². The molecule has 1 aliphatic heterocycles. The quantitative estimate of drug-likeness (QED) is 0.455. The summed E-state index contributed by atoms with van der Waals surface area (Å²) in [6.07, 6.45) is 4.85. The molecule has 0 bridgehead atoms. The zero-order valence-electron chi connectivity index (χ0n) is 17.9. The predicted molar refractivity (Wildman–Crippen MR) is 119 cm³/mol. The summed E-state index contributed by atoms with van der Waals surface area (Å²) in [5.74, 6) is 2.02. The van der Waals surface area contributed by atoms with Gasteiger partial charge in [0.1, 0.15) is 5.82 Å². The van der Waals surface area contributed by atoms with Crippen molar-refractivity contribution >= 4 is 22.1 Å². The number of hydrogen-bond acceptors (Lipinski definition) is 6. The highest BCUT2D eigenvalue weighted by molar-refractivity contribution is 7.91. The molecule has 30 heavy (non-hydrogen) atoms. The highest BCUT2D eigenvalue weighted by atomic mass is 32.2. The minimum absolute atomic E-state index is 0.0583. The highest BCUT2D eigenvalue weighted by Crippen LogP contribution is 2.39. The molecule has 1 saturated carbocycles. The Morgan fingerprint density at radius 2 is 2.00 bits per heavy atom. The van der Waals surface area contributed by atoms with Gasteiger partial charge >= 0.3 is 0 Å². The monoisotopic (exact) mass is 450 g/mol. The molecule has 0 N–H and O–H groups in total. The Labute approximate surface area is 183 Å². The van der Waals surface area contributed by atoms with Crippen LogP contribution in [0.2, 0.25) is 0 Å². The van der Waals surface area contributed by atoms with Crippen molar-refractivity contribution in [3.63, 3.8) is 0 Å². The molecule has 0 unspecified atom stereocenters. The minimum atomic E-state index is -2.94. The van der Waals surface area contributed by atoms with Gasteiger partial charge in [-0.05, 0) is 52.4 Å². The summed E-state index contributed by atoms with van der Waals surface area (Å²) in [5, 5.41) is 9.48. The lowest BCUT2D eigenvalue weighted by Gasteiger charge is -2.17. The van der Waals surface area contributed by atoms with Crippen LogP contribution in [0.15, 0.2) is 12.7 Å². The maximum atomic E-state index is 11.9. The van der Waals surface area contributed by atoms with Gasteiger partial charge in [-0.1, -0.05) is 6.08 Å². The fourth-order valence-electron chi connectivity index (χ4n) is 4.29. The number of aryl methyl sites for hydroxylation is 1. The molecule has 0 aromatic carbocycles. The first-order chi connectivity index (χ1) is 14.2. The molecule has 3 heterocycles. The lowest BCUT2D eigenvalue weighted by molar-refractivity contribution is 0.242. The number of nitrogens with zero attached hydrogens (tertiary/aromatic N) is 6. The second-order valence-electron chi connectivity index (χ2n) is 8.62. The molecule has 0 radical (unpaired) electrons. The summed E-state index contributed by atoms with van der Waals surface area (Å²) in [7, 11) is -0.902. The number of aromatic nitrogens is 5. The van der Waals surface area contributed by atoms with Crippen LogP contribution in [0.25, 0.3) is 0 Å². The molecule has 0 amide bonds. The fraction of sp³-hybridized carbons (Fsp3) is 0.650. The van der Waals surface area contributed by atoms with Crippen LogP contribution in [0, 0.1) is 18.6 Å². The highest BCUT2D eigenvalue weighted by Gasteiger charge is 2.32. The third-order valence-electron chi connectivity index (χ3n) is 6.04. The largest absolute Gasteiger partial charge is 0.300 e. The third kappa shape index (κ3) is 4.17. The average Bonchev–Trinajstić information content (AvgIpc) is 3.33. The van der Waals surface area contributed by atoms with Gasteiger partial charge in [-0.3, -0.25) is 14.1 Å². The van der Waals surface area contributed by atoms with Crippen molar-refractivity contribution in [2.75, 3.05) is 18.6 Å². The Kier molecular flexibility index (Phi) is 5.75. The van der Waals surface area contributed by atoms with E-state index in [9.17, 15) is 8.42 Å². The fourth-order valence-corrected chi connectivity index (χ4v) is 6.25. The first-order valence-corrected chi connectivity index (χ1v) is 12.6. The van der Waals surface area contributed by atoms with Crippen molar-refractivity contribution in [3.8, 4) is 0 Å². The smallest absolute Gasteiger partial charge is 0.199 e. The molecule has 1 saturated heterocycles. The van der Waals surface area contributed by atoms with Gasteiger partial charge < -0.3 is 0 Å². The first kappa shape index (κ1) is 21.5. The summed E-state index contributed by atoms with van der Waals surface area (Å²) in [4.78, 5) is 2.17. The number of hydrogen-bond donors (Lipinski definition) is 0. The van der Waals surface area contributed by atoms with E-state index >= 15 is 0 Å². The van der Waals surface area contributed by atoms with Crippen molar-refractivity contribution in [1.29, 1.82) is 0 Å². The second kappa shape index (κ2) is 8.05. The van der Waals surface area contributed by atoms with Crippen LogP contribution in [0.1, 0.15) is 54.0 Å². The SMILES string of the molecule is C=CCn1c(C2CC2)nn(CN(C)Cc2c(C)nn([C@H]3CCS(=O)(=O)C3)c2C)c1=S. The van der Waals surface area contributed by atoms with E-state index in [1.54, 1.807) is 0 Å².